The SMILES string of the molecule is c1ccc(-c2ccc3c(c2)Sc2ccc4ccccc4c2N3)cc1. The van der Waals surface area contributed by atoms with Gasteiger partial charge in [-0.05, 0) is 34.7 Å². The average Bonchev–Trinajstić information content (AvgIpc) is 2.66. The first kappa shape index (κ1) is 13.7. The predicted molar refractivity (Wildman–Crippen MR) is 103 cm³/mol. The molecule has 0 unspecified atom stereocenters. The first-order chi connectivity index (χ1) is 11.9. The molecule has 0 saturated heterocycles. The van der Waals surface area contributed by atoms with Gasteiger partial charge in [-0.1, -0.05) is 78.5 Å². The molecule has 1 nitrogen and oxygen atoms in total. The molecule has 0 aromatic heterocycles. The van der Waals surface area contributed by atoms with Gasteiger partial charge in [-0.25, -0.2) is 0 Å². The molecular weight excluding hydrogens is 310 g/mol. The minimum Gasteiger partial charge on any atom is -0.353 e. The summed E-state index contributed by atoms with van der Waals surface area (Å²) in [5, 5.41) is 6.19. The van der Waals surface area contributed by atoms with Gasteiger partial charge >= 0.3 is 0 Å². The van der Waals surface area contributed by atoms with Crippen molar-refractivity contribution in [1.29, 1.82) is 0 Å². The lowest BCUT2D eigenvalue weighted by Gasteiger charge is -2.23. The maximum Gasteiger partial charge on any atom is 0.0606 e. The van der Waals surface area contributed by atoms with Crippen LogP contribution >= 0.6 is 11.8 Å². The van der Waals surface area contributed by atoms with Crippen molar-refractivity contribution in [3.63, 3.8) is 0 Å². The van der Waals surface area contributed by atoms with Gasteiger partial charge in [-0.15, -0.1) is 0 Å². The van der Waals surface area contributed by atoms with Crippen molar-refractivity contribution in [2.75, 3.05) is 5.32 Å². The highest BCUT2D eigenvalue weighted by atomic mass is 32.2. The highest BCUT2D eigenvalue weighted by Crippen LogP contribution is 2.47. The topological polar surface area (TPSA) is 12.0 Å². The molecule has 4 aromatic carbocycles. The number of benzene rings is 4. The van der Waals surface area contributed by atoms with Gasteiger partial charge in [0.15, 0.2) is 0 Å². The fourth-order valence-corrected chi connectivity index (χ4v) is 4.29. The van der Waals surface area contributed by atoms with Crippen LogP contribution in [0.25, 0.3) is 21.9 Å². The maximum absolute atomic E-state index is 3.64. The standard InChI is InChI=1S/C22H15NS/c1-2-6-15(7-3-1)17-10-12-19-21(14-17)24-20-13-11-16-8-4-5-9-18(16)22(20)23-19/h1-14,23H. The number of anilines is 2. The summed E-state index contributed by atoms with van der Waals surface area (Å²) in [5.41, 5.74) is 4.92. The van der Waals surface area contributed by atoms with E-state index in [0.29, 0.717) is 0 Å². The van der Waals surface area contributed by atoms with E-state index >= 15 is 0 Å². The quantitative estimate of drug-likeness (QED) is 0.367. The maximum atomic E-state index is 3.64. The van der Waals surface area contributed by atoms with E-state index in [1.807, 2.05) is 11.8 Å². The first-order valence-electron chi connectivity index (χ1n) is 8.04. The summed E-state index contributed by atoms with van der Waals surface area (Å²) < 4.78 is 0. The Labute approximate surface area is 145 Å². The summed E-state index contributed by atoms with van der Waals surface area (Å²) in [4.78, 5) is 2.56. The fourth-order valence-electron chi connectivity index (χ4n) is 3.24. The van der Waals surface area contributed by atoms with Crippen LogP contribution < -0.4 is 5.32 Å². The molecule has 0 aliphatic carbocycles. The molecule has 24 heavy (non-hydrogen) atoms. The Morgan fingerprint density at radius 2 is 1.46 bits per heavy atom. The number of nitrogens with one attached hydrogen (secondary N) is 1. The Morgan fingerprint density at radius 3 is 2.38 bits per heavy atom. The third-order valence-corrected chi connectivity index (χ3v) is 5.58. The Bertz CT molecular complexity index is 1050. The average molecular weight is 325 g/mol. The van der Waals surface area contributed by atoms with Gasteiger partial charge in [-0.2, -0.15) is 0 Å². The van der Waals surface area contributed by atoms with Crippen molar-refractivity contribution < 1.29 is 0 Å². The Hall–Kier alpha value is -2.71. The van der Waals surface area contributed by atoms with E-state index < -0.39 is 0 Å². The van der Waals surface area contributed by atoms with Crippen LogP contribution in [0.3, 0.4) is 0 Å². The molecule has 0 fully saturated rings. The summed E-state index contributed by atoms with van der Waals surface area (Å²) in [7, 11) is 0. The van der Waals surface area contributed by atoms with Gasteiger partial charge in [0.1, 0.15) is 0 Å². The highest BCUT2D eigenvalue weighted by Gasteiger charge is 2.18. The molecule has 1 aliphatic heterocycles. The minimum absolute atomic E-state index is 1.18. The van der Waals surface area contributed by atoms with Crippen molar-refractivity contribution in [3.8, 4) is 11.1 Å². The van der Waals surface area contributed by atoms with E-state index in [2.05, 4.69) is 90.2 Å². The van der Waals surface area contributed by atoms with Gasteiger partial charge in [0.2, 0.25) is 0 Å². The summed E-state index contributed by atoms with van der Waals surface area (Å²) in [6.45, 7) is 0. The monoisotopic (exact) mass is 325 g/mol. The summed E-state index contributed by atoms with van der Waals surface area (Å²) in [6.07, 6.45) is 0. The Morgan fingerprint density at radius 1 is 0.625 bits per heavy atom. The van der Waals surface area contributed by atoms with Crippen LogP contribution in [0.2, 0.25) is 0 Å². The molecule has 1 aliphatic rings. The smallest absolute Gasteiger partial charge is 0.0606 e. The minimum atomic E-state index is 1.18. The van der Waals surface area contributed by atoms with Gasteiger partial charge in [-0.3, -0.25) is 0 Å². The Kier molecular flexibility index (Phi) is 3.10. The molecule has 0 amide bonds. The van der Waals surface area contributed by atoms with Crippen LogP contribution in [0, 0.1) is 0 Å². The lowest BCUT2D eigenvalue weighted by atomic mass is 10.0. The lowest BCUT2D eigenvalue weighted by molar-refractivity contribution is 1.33. The van der Waals surface area contributed by atoms with E-state index in [9.17, 15) is 0 Å². The zero-order valence-electron chi connectivity index (χ0n) is 13.0. The summed E-state index contributed by atoms with van der Waals surface area (Å²) in [6, 6.07) is 30.2. The number of hydrogen-bond acceptors (Lipinski definition) is 2. The van der Waals surface area contributed by atoms with Gasteiger partial charge < -0.3 is 5.32 Å². The molecule has 0 radical (unpaired) electrons. The van der Waals surface area contributed by atoms with E-state index in [-0.39, 0.29) is 0 Å². The number of rotatable bonds is 1. The van der Waals surface area contributed by atoms with Crippen LogP contribution in [-0.4, -0.2) is 0 Å². The molecule has 0 spiro atoms. The third kappa shape index (κ3) is 2.19. The van der Waals surface area contributed by atoms with E-state index in [4.69, 9.17) is 0 Å². The van der Waals surface area contributed by atoms with Crippen LogP contribution in [0.5, 0.6) is 0 Å². The van der Waals surface area contributed by atoms with Crippen LogP contribution in [0.15, 0.2) is 94.7 Å². The zero-order chi connectivity index (χ0) is 15.9. The van der Waals surface area contributed by atoms with Crippen molar-refractivity contribution in [2.24, 2.45) is 0 Å². The largest absolute Gasteiger partial charge is 0.353 e. The molecule has 114 valence electrons. The second-order valence-electron chi connectivity index (χ2n) is 5.96. The molecule has 0 atom stereocenters. The van der Waals surface area contributed by atoms with E-state index in [0.717, 1.165) is 0 Å². The Balaban J connectivity index is 1.61. The molecule has 0 bridgehead atoms. The van der Waals surface area contributed by atoms with Crippen LogP contribution in [0.4, 0.5) is 11.4 Å². The summed E-state index contributed by atoms with van der Waals surface area (Å²) >= 11 is 1.84. The molecule has 1 heterocycles. The molecule has 4 aromatic rings. The van der Waals surface area contributed by atoms with Crippen molar-refractivity contribution in [3.05, 3.63) is 84.9 Å². The zero-order valence-corrected chi connectivity index (χ0v) is 13.8. The second-order valence-corrected chi connectivity index (χ2v) is 7.05. The number of hydrogen-bond donors (Lipinski definition) is 1. The molecular formula is C22H15NS. The van der Waals surface area contributed by atoms with Crippen molar-refractivity contribution in [1.82, 2.24) is 0 Å². The normalized spacial score (nSPS) is 12.3. The van der Waals surface area contributed by atoms with Gasteiger partial charge in [0.25, 0.3) is 0 Å². The van der Waals surface area contributed by atoms with E-state index in [1.54, 1.807) is 0 Å². The molecule has 2 heteroatoms. The lowest BCUT2D eigenvalue weighted by Crippen LogP contribution is -2.00. The molecule has 5 rings (SSSR count). The van der Waals surface area contributed by atoms with Crippen LogP contribution in [-0.2, 0) is 0 Å². The predicted octanol–water partition coefficient (Wildman–Crippen LogP) is 6.72. The first-order valence-corrected chi connectivity index (χ1v) is 8.86. The summed E-state index contributed by atoms with van der Waals surface area (Å²) in [5.74, 6) is 0. The van der Waals surface area contributed by atoms with Gasteiger partial charge in [0.05, 0.1) is 11.4 Å². The fraction of sp³-hybridized carbons (Fsp3) is 0. The van der Waals surface area contributed by atoms with Crippen molar-refractivity contribution >= 4 is 33.9 Å². The third-order valence-electron chi connectivity index (χ3n) is 4.46. The number of fused-ring (bicyclic) bond motifs is 4. The molecule has 1 N–H and O–H groups in total. The van der Waals surface area contributed by atoms with Crippen molar-refractivity contribution in [2.45, 2.75) is 9.79 Å². The molecule has 0 saturated carbocycles. The van der Waals surface area contributed by atoms with Gasteiger partial charge in [0, 0.05) is 15.2 Å². The van der Waals surface area contributed by atoms with Crippen LogP contribution in [0.1, 0.15) is 0 Å². The highest BCUT2D eigenvalue weighted by molar-refractivity contribution is 7.99. The second kappa shape index (κ2) is 5.43. The van der Waals surface area contributed by atoms with E-state index in [1.165, 1.54) is 43.1 Å².